The highest BCUT2D eigenvalue weighted by Crippen LogP contribution is 2.18. The molecule has 0 aliphatic heterocycles. The molecule has 0 saturated heterocycles. The van der Waals surface area contributed by atoms with Crippen LogP contribution in [-0.4, -0.2) is 11.7 Å². The monoisotopic (exact) mass is 319 g/mol. The van der Waals surface area contributed by atoms with E-state index < -0.39 is 17.7 Å². The van der Waals surface area contributed by atoms with Crippen LogP contribution in [0.25, 0.3) is 0 Å². The minimum atomic E-state index is -0.985. The molecule has 1 unspecified atom stereocenters. The van der Waals surface area contributed by atoms with Crippen molar-refractivity contribution in [3.05, 3.63) is 57.3 Å². The van der Waals surface area contributed by atoms with Crippen molar-refractivity contribution in [3.63, 3.8) is 0 Å². The summed E-state index contributed by atoms with van der Waals surface area (Å²) in [6.07, 6.45) is -0.985. The maximum absolute atomic E-state index is 13.4. The smallest absolute Gasteiger partial charge is 0.131 e. The molecular weight excluding hydrogens is 304 g/mol. The number of rotatable bonds is 5. The number of thiophene rings is 1. The average Bonchev–Trinajstić information content (AvgIpc) is 2.75. The van der Waals surface area contributed by atoms with E-state index in [2.05, 4.69) is 5.32 Å². The summed E-state index contributed by atoms with van der Waals surface area (Å²) in [5.74, 6) is -1.36. The van der Waals surface area contributed by atoms with Gasteiger partial charge in [-0.05, 0) is 30.0 Å². The van der Waals surface area contributed by atoms with Crippen LogP contribution in [0.15, 0.2) is 29.6 Å². The Morgan fingerprint density at radius 1 is 1.30 bits per heavy atom. The lowest BCUT2D eigenvalue weighted by atomic mass is 10.1. The quantitative estimate of drug-likeness (QED) is 0.883. The SMILES string of the molecule is Cc1ccsc1CNCC(O)c1ccc(F)cc1F.Cl. The van der Waals surface area contributed by atoms with E-state index in [0.717, 1.165) is 12.1 Å². The standard InChI is InChI=1S/C14H15F2NOS.ClH/c1-9-4-5-19-14(9)8-17-7-13(18)11-3-2-10(15)6-12(11)16;/h2-6,13,17-18H,7-8H2,1H3;1H. The molecule has 1 heterocycles. The lowest BCUT2D eigenvalue weighted by Crippen LogP contribution is -2.21. The minimum absolute atomic E-state index is 0. The van der Waals surface area contributed by atoms with Crippen LogP contribution in [-0.2, 0) is 6.54 Å². The Kier molecular flexibility index (Phi) is 6.55. The molecule has 0 fully saturated rings. The predicted molar refractivity (Wildman–Crippen MR) is 79.3 cm³/mol. The van der Waals surface area contributed by atoms with Gasteiger partial charge in [0.15, 0.2) is 0 Å². The number of nitrogens with one attached hydrogen (secondary N) is 1. The second-order valence-electron chi connectivity index (χ2n) is 4.34. The van der Waals surface area contributed by atoms with Gasteiger partial charge in [-0.2, -0.15) is 0 Å². The highest BCUT2D eigenvalue weighted by Gasteiger charge is 2.13. The molecule has 0 aliphatic carbocycles. The summed E-state index contributed by atoms with van der Waals surface area (Å²) in [7, 11) is 0. The maximum atomic E-state index is 13.4. The second-order valence-corrected chi connectivity index (χ2v) is 5.34. The van der Waals surface area contributed by atoms with Gasteiger partial charge in [-0.1, -0.05) is 6.07 Å². The van der Waals surface area contributed by atoms with Crippen LogP contribution in [0.4, 0.5) is 8.78 Å². The zero-order valence-corrected chi connectivity index (χ0v) is 12.5. The molecular formula is C14H16ClF2NOS. The van der Waals surface area contributed by atoms with Crippen molar-refractivity contribution in [1.82, 2.24) is 5.32 Å². The predicted octanol–water partition coefficient (Wildman–Crippen LogP) is 3.58. The summed E-state index contributed by atoms with van der Waals surface area (Å²) in [6.45, 7) is 2.87. The summed E-state index contributed by atoms with van der Waals surface area (Å²) in [4.78, 5) is 1.19. The van der Waals surface area contributed by atoms with Crippen molar-refractivity contribution in [2.24, 2.45) is 0 Å². The van der Waals surface area contributed by atoms with Gasteiger partial charge in [0.05, 0.1) is 6.10 Å². The number of aryl methyl sites for hydroxylation is 1. The number of benzene rings is 1. The van der Waals surface area contributed by atoms with E-state index in [9.17, 15) is 13.9 Å². The maximum Gasteiger partial charge on any atom is 0.131 e. The molecule has 0 radical (unpaired) electrons. The number of hydrogen-bond donors (Lipinski definition) is 2. The fraction of sp³-hybridized carbons (Fsp3) is 0.286. The van der Waals surface area contributed by atoms with Gasteiger partial charge in [-0.15, -0.1) is 23.7 Å². The third kappa shape index (κ3) is 4.24. The van der Waals surface area contributed by atoms with E-state index >= 15 is 0 Å². The average molecular weight is 320 g/mol. The van der Waals surface area contributed by atoms with E-state index in [-0.39, 0.29) is 24.5 Å². The Morgan fingerprint density at radius 3 is 2.65 bits per heavy atom. The van der Waals surface area contributed by atoms with E-state index in [1.54, 1.807) is 11.3 Å². The molecule has 1 aromatic carbocycles. The molecule has 1 atom stereocenters. The molecule has 2 rings (SSSR count). The normalized spacial score (nSPS) is 12.0. The molecule has 110 valence electrons. The van der Waals surface area contributed by atoms with Gasteiger partial charge in [0.1, 0.15) is 11.6 Å². The molecule has 6 heteroatoms. The second kappa shape index (κ2) is 7.69. The van der Waals surface area contributed by atoms with Crippen molar-refractivity contribution in [2.75, 3.05) is 6.54 Å². The van der Waals surface area contributed by atoms with Crippen LogP contribution < -0.4 is 5.32 Å². The first-order valence-electron chi connectivity index (χ1n) is 5.94. The summed E-state index contributed by atoms with van der Waals surface area (Å²) in [6, 6.07) is 5.22. The van der Waals surface area contributed by atoms with Crippen LogP contribution in [0.3, 0.4) is 0 Å². The summed E-state index contributed by atoms with van der Waals surface area (Å²) < 4.78 is 26.2. The Bertz CT molecular complexity index is 562. The Labute approximate surface area is 126 Å². The molecule has 20 heavy (non-hydrogen) atoms. The first-order chi connectivity index (χ1) is 9.08. The Morgan fingerprint density at radius 2 is 2.05 bits per heavy atom. The Balaban J connectivity index is 0.00000200. The molecule has 0 spiro atoms. The van der Waals surface area contributed by atoms with E-state index in [1.807, 2.05) is 18.4 Å². The number of aliphatic hydroxyl groups excluding tert-OH is 1. The van der Waals surface area contributed by atoms with Gasteiger partial charge in [-0.25, -0.2) is 8.78 Å². The zero-order valence-electron chi connectivity index (χ0n) is 10.9. The summed E-state index contributed by atoms with van der Waals surface area (Å²) in [5.41, 5.74) is 1.30. The zero-order chi connectivity index (χ0) is 13.8. The summed E-state index contributed by atoms with van der Waals surface area (Å²) in [5, 5.41) is 14.9. The fourth-order valence-corrected chi connectivity index (χ4v) is 2.67. The topological polar surface area (TPSA) is 32.3 Å². The van der Waals surface area contributed by atoms with Gasteiger partial charge < -0.3 is 10.4 Å². The van der Waals surface area contributed by atoms with E-state index in [0.29, 0.717) is 6.54 Å². The van der Waals surface area contributed by atoms with Gasteiger partial charge in [0, 0.05) is 29.6 Å². The van der Waals surface area contributed by atoms with Crippen LogP contribution in [0.2, 0.25) is 0 Å². The van der Waals surface area contributed by atoms with E-state index in [1.165, 1.54) is 16.5 Å². The minimum Gasteiger partial charge on any atom is -0.387 e. The molecule has 2 nitrogen and oxygen atoms in total. The van der Waals surface area contributed by atoms with Gasteiger partial charge in [0.2, 0.25) is 0 Å². The molecule has 0 saturated carbocycles. The third-order valence-electron chi connectivity index (χ3n) is 2.91. The highest BCUT2D eigenvalue weighted by molar-refractivity contribution is 7.10. The van der Waals surface area contributed by atoms with Crippen LogP contribution in [0.1, 0.15) is 22.1 Å². The lowest BCUT2D eigenvalue weighted by Gasteiger charge is -2.13. The highest BCUT2D eigenvalue weighted by atomic mass is 35.5. The number of halogens is 3. The van der Waals surface area contributed by atoms with E-state index in [4.69, 9.17) is 0 Å². The molecule has 2 aromatic rings. The van der Waals surface area contributed by atoms with Crippen molar-refractivity contribution in [1.29, 1.82) is 0 Å². The number of hydrogen-bond acceptors (Lipinski definition) is 3. The van der Waals surface area contributed by atoms with Crippen molar-refractivity contribution >= 4 is 23.7 Å². The third-order valence-corrected chi connectivity index (χ3v) is 3.94. The number of aliphatic hydroxyl groups is 1. The van der Waals surface area contributed by atoms with Crippen molar-refractivity contribution in [2.45, 2.75) is 19.6 Å². The van der Waals surface area contributed by atoms with Crippen molar-refractivity contribution in [3.8, 4) is 0 Å². The largest absolute Gasteiger partial charge is 0.387 e. The lowest BCUT2D eigenvalue weighted by molar-refractivity contribution is 0.169. The Hall–Kier alpha value is -1.01. The van der Waals surface area contributed by atoms with Crippen LogP contribution in [0, 0.1) is 18.6 Å². The van der Waals surface area contributed by atoms with Crippen molar-refractivity contribution < 1.29 is 13.9 Å². The molecule has 0 aliphatic rings. The fourth-order valence-electron chi connectivity index (χ4n) is 1.79. The molecule has 2 N–H and O–H groups in total. The van der Waals surface area contributed by atoms with Gasteiger partial charge in [-0.3, -0.25) is 0 Å². The first-order valence-corrected chi connectivity index (χ1v) is 6.82. The van der Waals surface area contributed by atoms with Gasteiger partial charge >= 0.3 is 0 Å². The molecule has 0 bridgehead atoms. The molecule has 0 amide bonds. The first kappa shape index (κ1) is 17.0. The van der Waals surface area contributed by atoms with Crippen LogP contribution in [0.5, 0.6) is 0 Å². The summed E-state index contributed by atoms with van der Waals surface area (Å²) >= 11 is 1.63. The van der Waals surface area contributed by atoms with Crippen LogP contribution >= 0.6 is 23.7 Å². The molecule has 1 aromatic heterocycles. The van der Waals surface area contributed by atoms with Gasteiger partial charge in [0.25, 0.3) is 0 Å².